The first-order valence-corrected chi connectivity index (χ1v) is 8.98. The molecular formula is C19H22N6O2. The fourth-order valence-electron chi connectivity index (χ4n) is 3.34. The summed E-state index contributed by atoms with van der Waals surface area (Å²) in [6, 6.07) is 7.58. The van der Waals surface area contributed by atoms with E-state index in [0.29, 0.717) is 31.8 Å². The fourth-order valence-corrected chi connectivity index (χ4v) is 3.34. The van der Waals surface area contributed by atoms with Gasteiger partial charge in [-0.15, -0.1) is 10.2 Å². The number of carbonyl (C=O) groups excluding carboxylic acids is 1. The highest BCUT2D eigenvalue weighted by molar-refractivity contribution is 5.94. The van der Waals surface area contributed by atoms with Crippen LogP contribution in [0.4, 0.5) is 0 Å². The van der Waals surface area contributed by atoms with Crippen molar-refractivity contribution in [2.24, 2.45) is 0 Å². The zero-order valence-electron chi connectivity index (χ0n) is 15.3. The fraction of sp³-hybridized carbons (Fsp3) is 0.368. The smallest absolute Gasteiger partial charge is 0.254 e. The molecule has 2 aromatic heterocycles. The molecule has 0 bridgehead atoms. The van der Waals surface area contributed by atoms with Gasteiger partial charge in [0, 0.05) is 38.2 Å². The minimum absolute atomic E-state index is 0.0200. The Kier molecular flexibility index (Phi) is 4.97. The van der Waals surface area contributed by atoms with E-state index in [-0.39, 0.29) is 5.91 Å². The van der Waals surface area contributed by atoms with Gasteiger partial charge in [0.05, 0.1) is 26.0 Å². The van der Waals surface area contributed by atoms with E-state index >= 15 is 0 Å². The summed E-state index contributed by atoms with van der Waals surface area (Å²) >= 11 is 0. The minimum atomic E-state index is 0.0200. The van der Waals surface area contributed by atoms with Gasteiger partial charge in [-0.05, 0) is 24.1 Å². The first-order chi connectivity index (χ1) is 13.2. The maximum atomic E-state index is 12.9. The summed E-state index contributed by atoms with van der Waals surface area (Å²) in [5, 5.41) is 8.66. The number of imidazole rings is 1. The van der Waals surface area contributed by atoms with Gasteiger partial charge in [0.15, 0.2) is 11.6 Å². The van der Waals surface area contributed by atoms with Gasteiger partial charge in [0.25, 0.3) is 5.91 Å². The Balaban J connectivity index is 1.50. The van der Waals surface area contributed by atoms with Gasteiger partial charge >= 0.3 is 0 Å². The van der Waals surface area contributed by atoms with Crippen molar-refractivity contribution in [1.29, 1.82) is 0 Å². The van der Waals surface area contributed by atoms with Gasteiger partial charge in [-0.25, -0.2) is 4.98 Å². The molecule has 1 aliphatic heterocycles. The lowest BCUT2D eigenvalue weighted by molar-refractivity contribution is 0.0743. The highest BCUT2D eigenvalue weighted by Crippen LogP contribution is 2.17. The van der Waals surface area contributed by atoms with Gasteiger partial charge in [-0.3, -0.25) is 4.79 Å². The maximum Gasteiger partial charge on any atom is 0.254 e. The van der Waals surface area contributed by atoms with E-state index in [1.54, 1.807) is 19.6 Å². The molecule has 8 nitrogen and oxygen atoms in total. The summed E-state index contributed by atoms with van der Waals surface area (Å²) in [6.07, 6.45) is 6.29. The van der Waals surface area contributed by atoms with Crippen molar-refractivity contribution < 1.29 is 9.53 Å². The topological polar surface area (TPSA) is 78.1 Å². The van der Waals surface area contributed by atoms with Gasteiger partial charge in [-0.1, -0.05) is 12.1 Å². The molecule has 4 rings (SSSR count). The molecule has 27 heavy (non-hydrogen) atoms. The molecule has 3 heterocycles. The van der Waals surface area contributed by atoms with Crippen molar-refractivity contribution in [1.82, 2.24) is 29.2 Å². The largest absolute Gasteiger partial charge is 0.380 e. The lowest BCUT2D eigenvalue weighted by Gasteiger charge is -2.19. The Hall–Kier alpha value is -3.00. The minimum Gasteiger partial charge on any atom is -0.380 e. The van der Waals surface area contributed by atoms with Crippen LogP contribution in [0.25, 0.3) is 0 Å². The van der Waals surface area contributed by atoms with E-state index < -0.39 is 0 Å². The van der Waals surface area contributed by atoms with Crippen LogP contribution in [-0.2, 0) is 31.0 Å². The van der Waals surface area contributed by atoms with Crippen LogP contribution < -0.4 is 0 Å². The normalized spacial score (nSPS) is 14.0. The number of rotatable bonds is 5. The molecule has 0 aliphatic carbocycles. The molecule has 1 amide bonds. The summed E-state index contributed by atoms with van der Waals surface area (Å²) < 4.78 is 9.21. The summed E-state index contributed by atoms with van der Waals surface area (Å²) in [5.41, 5.74) is 1.73. The lowest BCUT2D eigenvalue weighted by atomic mass is 10.1. The van der Waals surface area contributed by atoms with Crippen LogP contribution in [0, 0.1) is 0 Å². The van der Waals surface area contributed by atoms with Crippen molar-refractivity contribution in [3.8, 4) is 0 Å². The molecular weight excluding hydrogens is 344 g/mol. The van der Waals surface area contributed by atoms with Crippen LogP contribution in [0.15, 0.2) is 43.0 Å². The van der Waals surface area contributed by atoms with E-state index in [1.807, 2.05) is 39.9 Å². The SMILES string of the molecule is COCc1ccc(C(=O)N2CCCn3c(nnc3Cn3ccnc3)C2)cc1. The average Bonchev–Trinajstić information content (AvgIpc) is 3.27. The van der Waals surface area contributed by atoms with E-state index in [0.717, 1.165) is 30.2 Å². The van der Waals surface area contributed by atoms with E-state index in [9.17, 15) is 4.79 Å². The van der Waals surface area contributed by atoms with E-state index in [2.05, 4.69) is 19.7 Å². The van der Waals surface area contributed by atoms with Gasteiger partial charge < -0.3 is 18.8 Å². The second-order valence-corrected chi connectivity index (χ2v) is 6.63. The Morgan fingerprint density at radius 1 is 1.19 bits per heavy atom. The predicted octanol–water partition coefficient (Wildman–Crippen LogP) is 1.72. The number of methoxy groups -OCH3 is 1. The number of aromatic nitrogens is 5. The third-order valence-corrected chi connectivity index (χ3v) is 4.73. The molecule has 3 aromatic rings. The maximum absolute atomic E-state index is 12.9. The monoisotopic (exact) mass is 366 g/mol. The summed E-state index contributed by atoms with van der Waals surface area (Å²) in [7, 11) is 1.66. The summed E-state index contributed by atoms with van der Waals surface area (Å²) in [6.45, 7) is 3.15. The van der Waals surface area contributed by atoms with Crippen molar-refractivity contribution in [2.75, 3.05) is 13.7 Å². The van der Waals surface area contributed by atoms with Gasteiger partial charge in [-0.2, -0.15) is 0 Å². The lowest BCUT2D eigenvalue weighted by Crippen LogP contribution is -2.31. The number of ether oxygens (including phenoxy) is 1. The Morgan fingerprint density at radius 2 is 2.04 bits per heavy atom. The number of hydrogen-bond donors (Lipinski definition) is 0. The second kappa shape index (κ2) is 7.71. The predicted molar refractivity (Wildman–Crippen MR) is 97.9 cm³/mol. The number of nitrogens with zero attached hydrogens (tertiary/aromatic N) is 6. The molecule has 0 fully saturated rings. The zero-order chi connectivity index (χ0) is 18.6. The van der Waals surface area contributed by atoms with Gasteiger partial charge in [0.2, 0.25) is 0 Å². The molecule has 0 saturated heterocycles. The van der Waals surface area contributed by atoms with Crippen LogP contribution in [0.1, 0.15) is 34.0 Å². The van der Waals surface area contributed by atoms with Crippen molar-refractivity contribution in [3.05, 3.63) is 65.8 Å². The molecule has 0 N–H and O–H groups in total. The van der Waals surface area contributed by atoms with Crippen molar-refractivity contribution in [3.63, 3.8) is 0 Å². The highest BCUT2D eigenvalue weighted by atomic mass is 16.5. The van der Waals surface area contributed by atoms with Crippen LogP contribution in [0.3, 0.4) is 0 Å². The van der Waals surface area contributed by atoms with Crippen LogP contribution in [0.5, 0.6) is 0 Å². The summed E-state index contributed by atoms with van der Waals surface area (Å²) in [4.78, 5) is 18.8. The van der Waals surface area contributed by atoms with Gasteiger partial charge in [0.1, 0.15) is 0 Å². The molecule has 0 spiro atoms. The molecule has 0 saturated carbocycles. The standard InChI is InChI=1S/C19H22N6O2/c1-27-13-15-3-5-16(6-4-15)19(26)24-8-2-9-25-17(21-22-18(25)12-24)11-23-10-7-20-14-23/h3-7,10,14H,2,8-9,11-13H2,1H3. The van der Waals surface area contributed by atoms with E-state index in [1.165, 1.54) is 0 Å². The molecule has 1 aliphatic rings. The molecule has 0 atom stereocenters. The molecule has 0 radical (unpaired) electrons. The molecule has 0 unspecified atom stereocenters. The highest BCUT2D eigenvalue weighted by Gasteiger charge is 2.23. The third kappa shape index (κ3) is 3.75. The third-order valence-electron chi connectivity index (χ3n) is 4.73. The Morgan fingerprint density at radius 3 is 2.78 bits per heavy atom. The zero-order valence-corrected chi connectivity index (χ0v) is 15.3. The number of fused-ring (bicyclic) bond motifs is 1. The molecule has 1 aromatic carbocycles. The van der Waals surface area contributed by atoms with Crippen LogP contribution >= 0.6 is 0 Å². The first-order valence-electron chi connectivity index (χ1n) is 8.98. The Bertz CT molecular complexity index is 901. The number of amides is 1. The number of hydrogen-bond acceptors (Lipinski definition) is 5. The second-order valence-electron chi connectivity index (χ2n) is 6.63. The average molecular weight is 366 g/mol. The summed E-state index contributed by atoms with van der Waals surface area (Å²) in [5.74, 6) is 1.74. The van der Waals surface area contributed by atoms with Crippen molar-refractivity contribution in [2.45, 2.75) is 32.7 Å². The van der Waals surface area contributed by atoms with Crippen LogP contribution in [0.2, 0.25) is 0 Å². The van der Waals surface area contributed by atoms with Crippen LogP contribution in [-0.4, -0.2) is 48.8 Å². The molecule has 8 heteroatoms. The van der Waals surface area contributed by atoms with Crippen molar-refractivity contribution >= 4 is 5.91 Å². The quantitative estimate of drug-likeness (QED) is 0.687. The Labute approximate surface area is 157 Å². The first kappa shape index (κ1) is 17.4. The number of benzene rings is 1. The number of carbonyl (C=O) groups is 1. The van der Waals surface area contributed by atoms with E-state index in [4.69, 9.17) is 4.74 Å². The molecule has 140 valence electrons.